The number of carboxylic acids is 1. The number of aromatic hydroxyl groups is 2. The number of ketones is 1. The Hall–Kier alpha value is -2.34. The molecule has 132 valence electrons. The molecule has 4 N–H and O–H groups in total. The lowest BCUT2D eigenvalue weighted by Crippen LogP contribution is -2.02. The minimum absolute atomic E-state index is 0.144. The highest BCUT2D eigenvalue weighted by Crippen LogP contribution is 2.28. The molecule has 0 fully saturated rings. The van der Waals surface area contributed by atoms with Gasteiger partial charge in [0.05, 0.1) is 6.10 Å². The van der Waals surface area contributed by atoms with Crippen LogP contribution >= 0.6 is 0 Å². The number of hydrogen-bond acceptors (Lipinski definition) is 5. The number of aliphatic hydroxyl groups is 1. The third kappa shape index (κ3) is 6.83. The van der Waals surface area contributed by atoms with E-state index in [1.165, 1.54) is 12.1 Å². The number of aromatic carboxylic acids is 1. The summed E-state index contributed by atoms with van der Waals surface area (Å²) in [6.45, 7) is 1.69. The van der Waals surface area contributed by atoms with E-state index in [2.05, 4.69) is 0 Å². The van der Waals surface area contributed by atoms with E-state index in [1.54, 1.807) is 13.0 Å². The Labute approximate surface area is 141 Å². The number of phenolic OH excluding ortho intramolecular Hbond substituents is 1. The first kappa shape index (κ1) is 19.7. The van der Waals surface area contributed by atoms with E-state index in [9.17, 15) is 19.8 Å². The highest BCUT2D eigenvalue weighted by molar-refractivity contribution is 5.95. The van der Waals surface area contributed by atoms with E-state index >= 15 is 0 Å². The lowest BCUT2D eigenvalue weighted by Gasteiger charge is -2.05. The van der Waals surface area contributed by atoms with Crippen molar-refractivity contribution in [3.63, 3.8) is 0 Å². The fourth-order valence-corrected chi connectivity index (χ4v) is 2.34. The number of phenols is 2. The van der Waals surface area contributed by atoms with E-state index in [1.807, 2.05) is 0 Å². The molecule has 1 atom stereocenters. The van der Waals surface area contributed by atoms with Gasteiger partial charge in [-0.15, -0.1) is 0 Å². The Morgan fingerprint density at radius 2 is 1.83 bits per heavy atom. The summed E-state index contributed by atoms with van der Waals surface area (Å²) in [7, 11) is 0. The number of hydrogen-bond donors (Lipinski definition) is 4. The van der Waals surface area contributed by atoms with Gasteiger partial charge in [-0.25, -0.2) is 4.79 Å². The van der Waals surface area contributed by atoms with Crippen molar-refractivity contribution in [3.8, 4) is 11.5 Å². The summed E-state index contributed by atoms with van der Waals surface area (Å²) in [5, 5.41) is 37.3. The molecule has 0 aliphatic carbocycles. The van der Waals surface area contributed by atoms with Gasteiger partial charge in [-0.1, -0.05) is 12.2 Å². The molecular weight excluding hydrogens is 312 g/mol. The monoisotopic (exact) mass is 336 g/mol. The molecule has 1 rings (SSSR count). The van der Waals surface area contributed by atoms with Gasteiger partial charge in [0.2, 0.25) is 0 Å². The Balaban J connectivity index is 2.48. The Morgan fingerprint density at radius 3 is 2.46 bits per heavy atom. The zero-order valence-corrected chi connectivity index (χ0v) is 13.7. The van der Waals surface area contributed by atoms with E-state index < -0.39 is 11.7 Å². The average molecular weight is 336 g/mol. The molecule has 0 saturated carbocycles. The van der Waals surface area contributed by atoms with E-state index in [-0.39, 0.29) is 28.8 Å². The Kier molecular flexibility index (Phi) is 7.98. The number of aliphatic hydroxyl groups excluding tert-OH is 1. The first-order valence-electron chi connectivity index (χ1n) is 7.96. The molecule has 0 aliphatic heterocycles. The number of carbonyl (C=O) groups is 2. The fourth-order valence-electron chi connectivity index (χ4n) is 2.34. The van der Waals surface area contributed by atoms with Crippen molar-refractivity contribution in [2.24, 2.45) is 0 Å². The maximum atomic E-state index is 11.6. The van der Waals surface area contributed by atoms with Crippen molar-refractivity contribution >= 4 is 17.8 Å². The molecule has 0 amide bonds. The highest BCUT2D eigenvalue weighted by Gasteiger charge is 2.15. The van der Waals surface area contributed by atoms with Gasteiger partial charge in [0.15, 0.2) is 0 Å². The lowest BCUT2D eigenvalue weighted by molar-refractivity contribution is -0.119. The van der Waals surface area contributed by atoms with Crippen molar-refractivity contribution in [2.75, 3.05) is 0 Å². The number of benzene rings is 1. The fraction of sp³-hybridized carbons (Fsp3) is 0.444. The summed E-state index contributed by atoms with van der Waals surface area (Å²) in [5.74, 6) is -1.84. The van der Waals surface area contributed by atoms with E-state index in [0.717, 1.165) is 6.07 Å². The minimum atomic E-state index is -1.28. The van der Waals surface area contributed by atoms with Gasteiger partial charge in [0.1, 0.15) is 22.8 Å². The highest BCUT2D eigenvalue weighted by atomic mass is 16.4. The molecule has 0 heterocycles. The SMILES string of the molecule is CC(O)CCCC(=O)CCCC=Cc1cc(O)cc(O)c1C(=O)O. The predicted octanol–water partition coefficient (Wildman–Crippen LogP) is 3.10. The molecule has 1 aromatic rings. The predicted molar refractivity (Wildman–Crippen MR) is 90.2 cm³/mol. The molecule has 0 aliphatic rings. The number of rotatable bonds is 10. The zero-order chi connectivity index (χ0) is 18.1. The molecule has 6 nitrogen and oxygen atoms in total. The molecule has 0 spiro atoms. The molecule has 1 unspecified atom stereocenters. The Bertz CT molecular complexity index is 604. The average Bonchev–Trinajstić information content (AvgIpc) is 2.45. The van der Waals surface area contributed by atoms with Crippen LogP contribution < -0.4 is 0 Å². The standard InChI is InChI=1S/C18H24O6/c1-12(19)6-5-9-14(20)8-4-2-3-7-13-10-15(21)11-16(22)17(13)18(23)24/h3,7,10-12,19,21-22H,2,4-6,8-9H2,1H3,(H,23,24). The van der Waals surface area contributed by atoms with Crippen molar-refractivity contribution < 1.29 is 30.0 Å². The summed E-state index contributed by atoms with van der Waals surface area (Å²) < 4.78 is 0. The summed E-state index contributed by atoms with van der Waals surface area (Å²) >= 11 is 0. The number of carbonyl (C=O) groups excluding carboxylic acids is 1. The molecular formula is C18H24O6. The zero-order valence-electron chi connectivity index (χ0n) is 13.7. The topological polar surface area (TPSA) is 115 Å². The normalized spacial score (nSPS) is 12.4. The summed E-state index contributed by atoms with van der Waals surface area (Å²) in [6.07, 6.45) is 6.24. The third-order valence-corrected chi connectivity index (χ3v) is 3.55. The van der Waals surface area contributed by atoms with Crippen LogP contribution in [0.25, 0.3) is 6.08 Å². The van der Waals surface area contributed by atoms with Crippen LogP contribution in [0.3, 0.4) is 0 Å². The number of Topliss-reactive ketones (excluding diaryl/α,β-unsaturated/α-hetero) is 1. The van der Waals surface area contributed by atoms with Gasteiger partial charge in [-0.2, -0.15) is 0 Å². The first-order chi connectivity index (χ1) is 11.3. The molecule has 0 saturated heterocycles. The van der Waals surface area contributed by atoms with Crippen LogP contribution in [0.2, 0.25) is 0 Å². The summed E-state index contributed by atoms with van der Waals surface area (Å²) in [4.78, 5) is 22.8. The smallest absolute Gasteiger partial charge is 0.340 e. The van der Waals surface area contributed by atoms with Crippen LogP contribution in [0, 0.1) is 0 Å². The van der Waals surface area contributed by atoms with Crippen molar-refractivity contribution in [1.82, 2.24) is 0 Å². The largest absolute Gasteiger partial charge is 0.508 e. The molecule has 0 radical (unpaired) electrons. The van der Waals surface area contributed by atoms with Crippen molar-refractivity contribution in [1.29, 1.82) is 0 Å². The molecule has 0 aromatic heterocycles. The van der Waals surface area contributed by atoms with Crippen LogP contribution in [0.15, 0.2) is 18.2 Å². The number of carboxylic acid groups (broad SMARTS) is 1. The van der Waals surface area contributed by atoms with Gasteiger partial charge in [0.25, 0.3) is 0 Å². The summed E-state index contributed by atoms with van der Waals surface area (Å²) in [6, 6.07) is 2.24. The molecule has 6 heteroatoms. The van der Waals surface area contributed by atoms with Crippen LogP contribution in [0.5, 0.6) is 11.5 Å². The lowest BCUT2D eigenvalue weighted by atomic mass is 10.0. The number of unbranched alkanes of at least 4 members (excludes halogenated alkanes) is 1. The van der Waals surface area contributed by atoms with E-state index in [0.29, 0.717) is 38.5 Å². The third-order valence-electron chi connectivity index (χ3n) is 3.55. The van der Waals surface area contributed by atoms with Crippen LogP contribution in [0.1, 0.15) is 61.4 Å². The second-order valence-corrected chi connectivity index (χ2v) is 5.81. The maximum absolute atomic E-state index is 11.6. The minimum Gasteiger partial charge on any atom is -0.508 e. The number of allylic oxidation sites excluding steroid dienone is 1. The van der Waals surface area contributed by atoms with Crippen molar-refractivity contribution in [3.05, 3.63) is 29.3 Å². The Morgan fingerprint density at radius 1 is 1.17 bits per heavy atom. The van der Waals surface area contributed by atoms with Gasteiger partial charge in [-0.3, -0.25) is 4.79 Å². The van der Waals surface area contributed by atoms with Gasteiger partial charge >= 0.3 is 5.97 Å². The van der Waals surface area contributed by atoms with Gasteiger partial charge in [0, 0.05) is 18.9 Å². The molecule has 24 heavy (non-hydrogen) atoms. The van der Waals surface area contributed by atoms with Crippen LogP contribution in [-0.2, 0) is 4.79 Å². The second kappa shape index (κ2) is 9.72. The molecule has 0 bridgehead atoms. The summed E-state index contributed by atoms with van der Waals surface area (Å²) in [5.41, 5.74) is -0.0542. The van der Waals surface area contributed by atoms with Crippen LogP contribution in [0.4, 0.5) is 0 Å². The van der Waals surface area contributed by atoms with Gasteiger partial charge < -0.3 is 20.4 Å². The second-order valence-electron chi connectivity index (χ2n) is 5.81. The van der Waals surface area contributed by atoms with E-state index in [4.69, 9.17) is 10.2 Å². The quantitative estimate of drug-likeness (QED) is 0.488. The van der Waals surface area contributed by atoms with Crippen molar-refractivity contribution in [2.45, 2.75) is 51.6 Å². The maximum Gasteiger partial charge on any atom is 0.340 e. The first-order valence-corrected chi connectivity index (χ1v) is 7.96. The molecule has 1 aromatic carbocycles. The van der Waals surface area contributed by atoms with Crippen LogP contribution in [-0.4, -0.2) is 38.3 Å². The van der Waals surface area contributed by atoms with Gasteiger partial charge in [-0.05, 0) is 44.2 Å².